The second-order valence-corrected chi connectivity index (χ2v) is 5.43. The molecule has 15 heavy (non-hydrogen) atoms. The number of hydrogen-bond acceptors (Lipinski definition) is 2. The van der Waals surface area contributed by atoms with E-state index >= 15 is 0 Å². The molecule has 0 aromatic carbocycles. The summed E-state index contributed by atoms with van der Waals surface area (Å²) in [5.74, 6) is 0.455. The Morgan fingerprint density at radius 2 is 1.80 bits per heavy atom. The maximum atomic E-state index is 9.98. The van der Waals surface area contributed by atoms with Crippen LogP contribution in [0, 0.1) is 11.3 Å². The lowest BCUT2D eigenvalue weighted by Crippen LogP contribution is -2.40. The zero-order chi connectivity index (χ0) is 11.5. The molecule has 0 saturated heterocycles. The highest BCUT2D eigenvalue weighted by atomic mass is 16.3. The van der Waals surface area contributed by atoms with Crippen molar-refractivity contribution in [1.29, 1.82) is 0 Å². The molecule has 90 valence electrons. The third-order valence-corrected chi connectivity index (χ3v) is 4.31. The molecule has 0 aromatic heterocycles. The van der Waals surface area contributed by atoms with Crippen molar-refractivity contribution in [2.45, 2.75) is 65.5 Å². The number of hydrogen-bond donors (Lipinski definition) is 2. The minimum absolute atomic E-state index is 0.176. The van der Waals surface area contributed by atoms with E-state index in [2.05, 4.69) is 33.0 Å². The van der Waals surface area contributed by atoms with Crippen LogP contribution < -0.4 is 5.32 Å². The third-order valence-electron chi connectivity index (χ3n) is 4.31. The molecule has 0 amide bonds. The van der Waals surface area contributed by atoms with Crippen molar-refractivity contribution in [3.8, 4) is 0 Å². The summed E-state index contributed by atoms with van der Waals surface area (Å²) in [4.78, 5) is 0. The molecule has 0 aromatic rings. The first-order valence-electron chi connectivity index (χ1n) is 6.45. The van der Waals surface area contributed by atoms with Crippen molar-refractivity contribution in [3.05, 3.63) is 0 Å². The van der Waals surface area contributed by atoms with Gasteiger partial charge in [0.1, 0.15) is 0 Å². The van der Waals surface area contributed by atoms with Crippen LogP contribution in [0.3, 0.4) is 0 Å². The fourth-order valence-electron chi connectivity index (χ4n) is 2.17. The Labute approximate surface area is 94.5 Å². The Kier molecular flexibility index (Phi) is 4.60. The average molecular weight is 213 g/mol. The maximum Gasteiger partial charge on any atom is 0.0692 e. The van der Waals surface area contributed by atoms with Gasteiger partial charge < -0.3 is 10.4 Å². The van der Waals surface area contributed by atoms with E-state index in [9.17, 15) is 5.11 Å². The molecule has 1 aliphatic rings. The second kappa shape index (κ2) is 5.31. The first-order chi connectivity index (χ1) is 7.03. The Morgan fingerprint density at radius 1 is 1.27 bits per heavy atom. The zero-order valence-electron chi connectivity index (χ0n) is 10.7. The molecular weight excluding hydrogens is 186 g/mol. The molecule has 1 fully saturated rings. The fraction of sp³-hybridized carbons (Fsp3) is 1.00. The Morgan fingerprint density at radius 3 is 2.20 bits per heavy atom. The van der Waals surface area contributed by atoms with Crippen LogP contribution in [0.5, 0.6) is 0 Å². The van der Waals surface area contributed by atoms with E-state index in [0.29, 0.717) is 17.4 Å². The van der Waals surface area contributed by atoms with Gasteiger partial charge in [0.15, 0.2) is 0 Å². The monoisotopic (exact) mass is 213 g/mol. The van der Waals surface area contributed by atoms with Crippen molar-refractivity contribution < 1.29 is 5.11 Å². The summed E-state index contributed by atoms with van der Waals surface area (Å²) >= 11 is 0. The first-order valence-corrected chi connectivity index (χ1v) is 6.45. The van der Waals surface area contributed by atoms with Crippen LogP contribution in [0.1, 0.15) is 53.4 Å². The molecule has 1 saturated carbocycles. The Hall–Kier alpha value is -0.0800. The van der Waals surface area contributed by atoms with Crippen molar-refractivity contribution in [1.82, 2.24) is 5.32 Å². The van der Waals surface area contributed by atoms with Crippen molar-refractivity contribution in [3.63, 3.8) is 0 Å². The van der Waals surface area contributed by atoms with Crippen LogP contribution in [0.25, 0.3) is 0 Å². The molecule has 2 N–H and O–H groups in total. The SMILES string of the molecule is CCC(CC)C(O)CNC(C)C1(C)CC1. The van der Waals surface area contributed by atoms with E-state index in [1.165, 1.54) is 12.8 Å². The van der Waals surface area contributed by atoms with Crippen LogP contribution in [0.15, 0.2) is 0 Å². The topological polar surface area (TPSA) is 32.3 Å². The van der Waals surface area contributed by atoms with Gasteiger partial charge in [-0.1, -0.05) is 33.6 Å². The summed E-state index contributed by atoms with van der Waals surface area (Å²) < 4.78 is 0. The summed E-state index contributed by atoms with van der Waals surface area (Å²) in [6.07, 6.45) is 4.64. The molecule has 2 nitrogen and oxygen atoms in total. The zero-order valence-corrected chi connectivity index (χ0v) is 10.7. The van der Waals surface area contributed by atoms with E-state index in [1.54, 1.807) is 0 Å². The predicted octanol–water partition coefficient (Wildman–Crippen LogP) is 2.56. The molecular formula is C13H27NO. The summed E-state index contributed by atoms with van der Waals surface area (Å²) in [5, 5.41) is 13.5. The maximum absolute atomic E-state index is 9.98. The van der Waals surface area contributed by atoms with Gasteiger partial charge in [-0.15, -0.1) is 0 Å². The molecule has 2 unspecified atom stereocenters. The number of nitrogens with one attached hydrogen (secondary N) is 1. The molecule has 0 heterocycles. The Balaban J connectivity index is 2.23. The van der Waals surface area contributed by atoms with Gasteiger partial charge in [0.05, 0.1) is 6.10 Å². The Bertz CT molecular complexity index is 185. The van der Waals surface area contributed by atoms with E-state index in [1.807, 2.05) is 0 Å². The van der Waals surface area contributed by atoms with Gasteiger partial charge in [-0.3, -0.25) is 0 Å². The lowest BCUT2D eigenvalue weighted by atomic mass is 9.95. The molecule has 2 heteroatoms. The van der Waals surface area contributed by atoms with Gasteiger partial charge in [0.25, 0.3) is 0 Å². The highest BCUT2D eigenvalue weighted by Crippen LogP contribution is 2.47. The highest BCUT2D eigenvalue weighted by molar-refractivity contribution is 4.96. The quantitative estimate of drug-likeness (QED) is 0.681. The molecule has 1 aliphatic carbocycles. The minimum atomic E-state index is -0.176. The minimum Gasteiger partial charge on any atom is -0.392 e. The standard InChI is InChI=1S/C13H27NO/c1-5-11(6-2)12(15)9-14-10(3)13(4)7-8-13/h10-12,14-15H,5-9H2,1-4H3. The van der Waals surface area contributed by atoms with Crippen LogP contribution in [0.2, 0.25) is 0 Å². The lowest BCUT2D eigenvalue weighted by molar-refractivity contribution is 0.0959. The molecule has 1 rings (SSSR count). The van der Waals surface area contributed by atoms with Crippen LogP contribution in [-0.2, 0) is 0 Å². The molecule has 0 bridgehead atoms. The lowest BCUT2D eigenvalue weighted by Gasteiger charge is -2.25. The van der Waals surface area contributed by atoms with Crippen molar-refractivity contribution in [2.75, 3.05) is 6.54 Å². The number of aliphatic hydroxyl groups excluding tert-OH is 1. The molecule has 0 spiro atoms. The second-order valence-electron chi connectivity index (χ2n) is 5.43. The number of rotatable bonds is 7. The van der Waals surface area contributed by atoms with Crippen molar-refractivity contribution in [2.24, 2.45) is 11.3 Å². The first kappa shape index (κ1) is 13.0. The molecule has 0 radical (unpaired) electrons. The van der Waals surface area contributed by atoms with E-state index in [-0.39, 0.29) is 6.10 Å². The van der Waals surface area contributed by atoms with Gasteiger partial charge in [-0.25, -0.2) is 0 Å². The normalized spacial score (nSPS) is 22.8. The van der Waals surface area contributed by atoms with Gasteiger partial charge >= 0.3 is 0 Å². The summed E-state index contributed by atoms with van der Waals surface area (Å²) in [6.45, 7) is 9.63. The van der Waals surface area contributed by atoms with Gasteiger partial charge in [0.2, 0.25) is 0 Å². The van der Waals surface area contributed by atoms with Crippen LogP contribution >= 0.6 is 0 Å². The van der Waals surface area contributed by atoms with E-state index in [0.717, 1.165) is 19.4 Å². The van der Waals surface area contributed by atoms with Crippen LogP contribution in [0.4, 0.5) is 0 Å². The van der Waals surface area contributed by atoms with Crippen molar-refractivity contribution >= 4 is 0 Å². The van der Waals surface area contributed by atoms with Gasteiger partial charge in [-0.05, 0) is 31.1 Å². The predicted molar refractivity (Wildman–Crippen MR) is 64.9 cm³/mol. The molecule has 0 aliphatic heterocycles. The van der Waals surface area contributed by atoms with Gasteiger partial charge in [-0.2, -0.15) is 0 Å². The smallest absolute Gasteiger partial charge is 0.0692 e. The third kappa shape index (κ3) is 3.46. The molecule has 2 atom stereocenters. The van der Waals surface area contributed by atoms with E-state index in [4.69, 9.17) is 0 Å². The van der Waals surface area contributed by atoms with Gasteiger partial charge in [0, 0.05) is 12.6 Å². The highest BCUT2D eigenvalue weighted by Gasteiger charge is 2.42. The number of aliphatic hydroxyl groups is 1. The largest absolute Gasteiger partial charge is 0.392 e. The fourth-order valence-corrected chi connectivity index (χ4v) is 2.17. The summed E-state index contributed by atoms with van der Waals surface area (Å²) in [7, 11) is 0. The average Bonchev–Trinajstić information content (AvgIpc) is 2.96. The van der Waals surface area contributed by atoms with Crippen LogP contribution in [-0.4, -0.2) is 23.8 Å². The van der Waals surface area contributed by atoms with E-state index < -0.39 is 0 Å². The summed E-state index contributed by atoms with van der Waals surface area (Å²) in [6, 6.07) is 0.543. The summed E-state index contributed by atoms with van der Waals surface area (Å²) in [5.41, 5.74) is 0.508.